The molecule has 2 aliphatic heterocycles. The minimum atomic E-state index is -0.0786. The Morgan fingerprint density at radius 2 is 2.41 bits per heavy atom. The lowest BCUT2D eigenvalue weighted by atomic mass is 10.1. The molecule has 0 aromatic carbocycles. The van der Waals surface area contributed by atoms with Crippen molar-refractivity contribution < 1.29 is 19.4 Å². The van der Waals surface area contributed by atoms with Gasteiger partial charge in [-0.05, 0) is 25.7 Å². The van der Waals surface area contributed by atoms with E-state index in [0.717, 1.165) is 32.2 Å². The predicted octanol–water partition coefficient (Wildman–Crippen LogP) is 0.638. The average molecular weight is 241 g/mol. The molecule has 0 aromatic heterocycles. The second-order valence-electron chi connectivity index (χ2n) is 4.36. The number of hydrogen-bond donors (Lipinski definition) is 1. The summed E-state index contributed by atoms with van der Waals surface area (Å²) >= 11 is 0. The molecule has 2 aliphatic rings. The third-order valence-corrected chi connectivity index (χ3v) is 3.19. The van der Waals surface area contributed by atoms with Crippen LogP contribution in [0.4, 0.5) is 0 Å². The van der Waals surface area contributed by atoms with Gasteiger partial charge in [-0.2, -0.15) is 0 Å². The number of carbonyl (C=O) groups excluding carboxylic acids is 1. The maximum Gasteiger partial charge on any atom is 0.292 e. The van der Waals surface area contributed by atoms with Gasteiger partial charge < -0.3 is 19.5 Å². The summed E-state index contributed by atoms with van der Waals surface area (Å²) in [6.07, 6.45) is 5.05. The van der Waals surface area contributed by atoms with Gasteiger partial charge in [0.15, 0.2) is 0 Å². The quantitative estimate of drug-likeness (QED) is 0.784. The third kappa shape index (κ3) is 2.91. The molecule has 0 radical (unpaired) electrons. The topological polar surface area (TPSA) is 59.0 Å². The lowest BCUT2D eigenvalue weighted by molar-refractivity contribution is -0.133. The van der Waals surface area contributed by atoms with Gasteiger partial charge in [0.25, 0.3) is 5.91 Å². The first-order valence-electron chi connectivity index (χ1n) is 6.19. The number of hydrogen-bond acceptors (Lipinski definition) is 4. The lowest BCUT2D eigenvalue weighted by Gasteiger charge is -2.26. The molecule has 2 rings (SSSR count). The molecule has 0 bridgehead atoms. The molecule has 0 aliphatic carbocycles. The average Bonchev–Trinajstić information content (AvgIpc) is 2.84. The molecule has 0 spiro atoms. The van der Waals surface area contributed by atoms with Crippen molar-refractivity contribution in [1.82, 2.24) is 4.90 Å². The van der Waals surface area contributed by atoms with E-state index in [0.29, 0.717) is 19.0 Å². The fourth-order valence-electron chi connectivity index (χ4n) is 2.35. The highest BCUT2D eigenvalue weighted by Gasteiger charge is 2.31. The van der Waals surface area contributed by atoms with E-state index in [1.54, 1.807) is 0 Å². The van der Waals surface area contributed by atoms with Crippen molar-refractivity contribution in [2.24, 2.45) is 0 Å². The molecule has 1 unspecified atom stereocenters. The van der Waals surface area contributed by atoms with Gasteiger partial charge in [-0.25, -0.2) is 0 Å². The number of nitrogens with zero attached hydrogens (tertiary/aromatic N) is 1. The van der Waals surface area contributed by atoms with Crippen LogP contribution in [0.15, 0.2) is 12.0 Å². The summed E-state index contributed by atoms with van der Waals surface area (Å²) in [6.45, 7) is 1.90. The van der Waals surface area contributed by atoms with Crippen LogP contribution in [0.1, 0.15) is 25.7 Å². The van der Waals surface area contributed by atoms with Gasteiger partial charge in [-0.3, -0.25) is 4.79 Å². The second-order valence-corrected chi connectivity index (χ2v) is 4.36. The number of rotatable bonds is 4. The van der Waals surface area contributed by atoms with Gasteiger partial charge in [0.1, 0.15) is 19.5 Å². The van der Waals surface area contributed by atoms with Crippen LogP contribution in [0.3, 0.4) is 0 Å². The normalized spacial score (nSPS) is 23.9. The summed E-state index contributed by atoms with van der Waals surface area (Å²) in [5.41, 5.74) is 0. The number of carbonyl (C=O) groups is 1. The first-order valence-corrected chi connectivity index (χ1v) is 6.19. The van der Waals surface area contributed by atoms with Gasteiger partial charge in [-0.1, -0.05) is 0 Å². The van der Waals surface area contributed by atoms with E-state index in [1.807, 2.05) is 4.90 Å². The van der Waals surface area contributed by atoms with Crippen LogP contribution in [0, 0.1) is 0 Å². The zero-order chi connectivity index (χ0) is 12.1. The van der Waals surface area contributed by atoms with Crippen LogP contribution >= 0.6 is 0 Å². The number of amides is 1. The molecule has 2 heterocycles. The van der Waals surface area contributed by atoms with Gasteiger partial charge in [0.2, 0.25) is 5.76 Å². The summed E-state index contributed by atoms with van der Waals surface area (Å²) < 4.78 is 10.4. The molecule has 5 nitrogen and oxygen atoms in total. The standard InChI is InChI=1S/C12H19NO4/c14-6-2-4-10-3-1-5-13(10)12(15)11-9-16-7-8-17-11/h9-10,14H,1-8H2. The van der Waals surface area contributed by atoms with Gasteiger partial charge in [0.05, 0.1) is 0 Å². The molecule has 0 aromatic rings. The van der Waals surface area contributed by atoms with Crippen molar-refractivity contribution in [2.45, 2.75) is 31.7 Å². The molecule has 5 heteroatoms. The van der Waals surface area contributed by atoms with E-state index >= 15 is 0 Å². The van der Waals surface area contributed by atoms with Crippen LogP contribution in [-0.4, -0.2) is 48.3 Å². The van der Waals surface area contributed by atoms with E-state index < -0.39 is 0 Å². The van der Waals surface area contributed by atoms with Gasteiger partial charge >= 0.3 is 0 Å². The maximum atomic E-state index is 12.2. The number of aliphatic hydroxyl groups is 1. The van der Waals surface area contributed by atoms with Crippen molar-refractivity contribution >= 4 is 5.91 Å². The molecular weight excluding hydrogens is 222 g/mol. The van der Waals surface area contributed by atoms with Crippen molar-refractivity contribution in [1.29, 1.82) is 0 Å². The number of aliphatic hydroxyl groups excluding tert-OH is 1. The highest BCUT2D eigenvalue weighted by molar-refractivity contribution is 5.91. The smallest absolute Gasteiger partial charge is 0.292 e. The van der Waals surface area contributed by atoms with E-state index in [2.05, 4.69) is 0 Å². The number of likely N-dealkylation sites (tertiary alicyclic amines) is 1. The fourth-order valence-corrected chi connectivity index (χ4v) is 2.35. The molecular formula is C12H19NO4. The Balaban J connectivity index is 1.95. The van der Waals surface area contributed by atoms with Crippen molar-refractivity contribution in [3.8, 4) is 0 Å². The van der Waals surface area contributed by atoms with E-state index in [9.17, 15) is 4.79 Å². The summed E-state index contributed by atoms with van der Waals surface area (Å²) in [6, 6.07) is 0.237. The van der Waals surface area contributed by atoms with Crippen LogP contribution in [-0.2, 0) is 14.3 Å². The van der Waals surface area contributed by atoms with Crippen LogP contribution in [0.2, 0.25) is 0 Å². The minimum absolute atomic E-state index is 0.0786. The molecule has 1 saturated heterocycles. The number of ether oxygens (including phenoxy) is 2. The highest BCUT2D eigenvalue weighted by Crippen LogP contribution is 2.24. The summed E-state index contributed by atoms with van der Waals surface area (Å²) in [5.74, 6) is 0.234. The Hall–Kier alpha value is -1.23. The largest absolute Gasteiger partial charge is 0.494 e. The van der Waals surface area contributed by atoms with E-state index in [1.165, 1.54) is 6.26 Å². The molecule has 1 atom stereocenters. The first-order chi connectivity index (χ1) is 8.33. The SMILES string of the molecule is O=C(C1=COCCO1)N1CCCC1CCCO. The Labute approximate surface area is 101 Å². The Kier molecular flexibility index (Phi) is 4.25. The zero-order valence-electron chi connectivity index (χ0n) is 9.93. The van der Waals surface area contributed by atoms with Crippen LogP contribution in [0.25, 0.3) is 0 Å². The van der Waals surface area contributed by atoms with Crippen LogP contribution < -0.4 is 0 Å². The minimum Gasteiger partial charge on any atom is -0.494 e. The van der Waals surface area contributed by atoms with Gasteiger partial charge in [-0.15, -0.1) is 0 Å². The van der Waals surface area contributed by atoms with Crippen LogP contribution in [0.5, 0.6) is 0 Å². The second kappa shape index (κ2) is 5.91. The summed E-state index contributed by atoms with van der Waals surface area (Å²) in [4.78, 5) is 14.0. The zero-order valence-corrected chi connectivity index (χ0v) is 9.93. The maximum absolute atomic E-state index is 12.2. The first kappa shape index (κ1) is 12.2. The van der Waals surface area contributed by atoms with Crippen molar-refractivity contribution in [3.05, 3.63) is 12.0 Å². The lowest BCUT2D eigenvalue weighted by Crippen LogP contribution is -2.38. The highest BCUT2D eigenvalue weighted by atomic mass is 16.6. The van der Waals surface area contributed by atoms with Crippen molar-refractivity contribution in [2.75, 3.05) is 26.4 Å². The third-order valence-electron chi connectivity index (χ3n) is 3.19. The molecule has 96 valence electrons. The molecule has 17 heavy (non-hydrogen) atoms. The molecule has 1 amide bonds. The van der Waals surface area contributed by atoms with E-state index in [4.69, 9.17) is 14.6 Å². The monoisotopic (exact) mass is 241 g/mol. The van der Waals surface area contributed by atoms with E-state index in [-0.39, 0.29) is 18.6 Å². The fraction of sp³-hybridized carbons (Fsp3) is 0.750. The summed E-state index contributed by atoms with van der Waals surface area (Å²) in [5, 5.41) is 8.84. The van der Waals surface area contributed by atoms with Crippen molar-refractivity contribution in [3.63, 3.8) is 0 Å². The molecule has 1 fully saturated rings. The summed E-state index contributed by atoms with van der Waals surface area (Å²) in [7, 11) is 0. The Morgan fingerprint density at radius 1 is 1.53 bits per heavy atom. The molecule has 1 N–H and O–H groups in total. The Bertz CT molecular complexity index is 303. The Morgan fingerprint density at radius 3 is 3.12 bits per heavy atom. The predicted molar refractivity (Wildman–Crippen MR) is 61.0 cm³/mol. The molecule has 0 saturated carbocycles. The van der Waals surface area contributed by atoms with Gasteiger partial charge in [0, 0.05) is 19.2 Å².